The van der Waals surface area contributed by atoms with E-state index in [9.17, 15) is 0 Å². The fourth-order valence-electron chi connectivity index (χ4n) is 1.17. The van der Waals surface area contributed by atoms with Gasteiger partial charge in [-0.3, -0.25) is 0 Å². The van der Waals surface area contributed by atoms with Crippen LogP contribution in [0.1, 0.15) is 5.56 Å². The third kappa shape index (κ3) is 2.96. The summed E-state index contributed by atoms with van der Waals surface area (Å²) in [7, 11) is 1.66. The van der Waals surface area contributed by atoms with Gasteiger partial charge in [-0.1, -0.05) is 17.7 Å². The molecule has 1 rings (SSSR count). The summed E-state index contributed by atoms with van der Waals surface area (Å²) < 4.78 is 5.11. The van der Waals surface area contributed by atoms with Crippen molar-refractivity contribution >= 4 is 17.3 Å². The number of ether oxygens (including phenoxy) is 1. The molecule has 0 spiro atoms. The first-order chi connectivity index (χ1) is 6.77. The van der Waals surface area contributed by atoms with Crippen molar-refractivity contribution in [2.75, 3.05) is 19.0 Å². The number of hydrogen-bond donors (Lipinski definition) is 1. The number of halogens is 1. The van der Waals surface area contributed by atoms with Gasteiger partial charge in [-0.05, 0) is 30.7 Å². The van der Waals surface area contributed by atoms with E-state index in [0.29, 0.717) is 0 Å². The Hall–Kier alpha value is -1.15. The van der Waals surface area contributed by atoms with E-state index in [0.717, 1.165) is 23.5 Å². The van der Waals surface area contributed by atoms with Crippen LogP contribution in [-0.2, 0) is 0 Å². The molecule has 3 heteroatoms. The van der Waals surface area contributed by atoms with Crippen molar-refractivity contribution in [2.24, 2.45) is 0 Å². The Kier molecular flexibility index (Phi) is 4.33. The van der Waals surface area contributed by atoms with Crippen LogP contribution in [0.5, 0.6) is 5.75 Å². The van der Waals surface area contributed by atoms with E-state index in [1.54, 1.807) is 7.11 Å². The Morgan fingerprint density at radius 3 is 2.86 bits per heavy atom. The van der Waals surface area contributed by atoms with Crippen LogP contribution in [-0.4, -0.2) is 13.7 Å². The first-order valence-corrected chi connectivity index (χ1v) is 4.85. The minimum Gasteiger partial charge on any atom is -0.497 e. The predicted octanol–water partition coefficient (Wildman–Crippen LogP) is 3.17. The minimum atomic E-state index is 0.733. The van der Waals surface area contributed by atoms with Crippen LogP contribution in [0.3, 0.4) is 0 Å². The van der Waals surface area contributed by atoms with E-state index in [4.69, 9.17) is 16.3 Å². The average molecular weight is 212 g/mol. The number of nitrogens with one attached hydrogen (secondary N) is 1. The van der Waals surface area contributed by atoms with Gasteiger partial charge in [0.1, 0.15) is 5.75 Å². The molecule has 0 aliphatic heterocycles. The lowest BCUT2D eigenvalue weighted by molar-refractivity contribution is 0.414. The molecule has 76 valence electrons. The molecular formula is C11H14ClNO. The standard InChI is InChI=1S/C11H14ClNO/c1-9-8-10(14-2)4-5-11(9)13-7-3-6-12/h3-6,8,13H,7H2,1-2H3/b6-3+. The number of rotatable bonds is 4. The maximum Gasteiger partial charge on any atom is 0.119 e. The zero-order chi connectivity index (χ0) is 10.4. The highest BCUT2D eigenvalue weighted by atomic mass is 35.5. The van der Waals surface area contributed by atoms with E-state index in [1.165, 1.54) is 5.54 Å². The van der Waals surface area contributed by atoms with Crippen molar-refractivity contribution in [3.63, 3.8) is 0 Å². The number of hydrogen-bond acceptors (Lipinski definition) is 2. The topological polar surface area (TPSA) is 21.3 Å². The molecule has 1 aromatic rings. The summed E-state index contributed by atoms with van der Waals surface area (Å²) in [6, 6.07) is 5.92. The van der Waals surface area contributed by atoms with Gasteiger partial charge in [-0.15, -0.1) is 0 Å². The molecule has 0 fully saturated rings. The second-order valence-corrected chi connectivity index (χ2v) is 3.18. The fraction of sp³-hybridized carbons (Fsp3) is 0.273. The average Bonchev–Trinajstić information content (AvgIpc) is 2.20. The van der Waals surface area contributed by atoms with Crippen LogP contribution in [0, 0.1) is 6.92 Å². The molecule has 0 radical (unpaired) electrons. The molecule has 0 aromatic heterocycles. The zero-order valence-corrected chi connectivity index (χ0v) is 9.14. The van der Waals surface area contributed by atoms with E-state index in [-0.39, 0.29) is 0 Å². The van der Waals surface area contributed by atoms with Crippen LogP contribution in [0.4, 0.5) is 5.69 Å². The number of benzene rings is 1. The molecule has 0 heterocycles. The van der Waals surface area contributed by atoms with Gasteiger partial charge in [0.2, 0.25) is 0 Å². The Labute approximate surface area is 89.5 Å². The highest BCUT2D eigenvalue weighted by Crippen LogP contribution is 2.20. The van der Waals surface area contributed by atoms with Crippen molar-refractivity contribution in [3.8, 4) is 5.75 Å². The lowest BCUT2D eigenvalue weighted by Crippen LogP contribution is -1.99. The van der Waals surface area contributed by atoms with Gasteiger partial charge in [0.15, 0.2) is 0 Å². The highest BCUT2D eigenvalue weighted by molar-refractivity contribution is 6.25. The van der Waals surface area contributed by atoms with Gasteiger partial charge < -0.3 is 10.1 Å². The van der Waals surface area contributed by atoms with Gasteiger partial charge >= 0.3 is 0 Å². The van der Waals surface area contributed by atoms with Crippen molar-refractivity contribution in [2.45, 2.75) is 6.92 Å². The monoisotopic (exact) mass is 211 g/mol. The van der Waals surface area contributed by atoms with Crippen molar-refractivity contribution in [1.82, 2.24) is 0 Å². The summed E-state index contributed by atoms with van der Waals surface area (Å²) in [5, 5.41) is 3.24. The molecule has 2 nitrogen and oxygen atoms in total. The molecule has 0 aliphatic rings. The summed E-state index contributed by atoms with van der Waals surface area (Å²) in [5.74, 6) is 0.876. The van der Waals surface area contributed by atoms with E-state index in [2.05, 4.69) is 5.32 Å². The van der Waals surface area contributed by atoms with Crippen molar-refractivity contribution < 1.29 is 4.74 Å². The van der Waals surface area contributed by atoms with Gasteiger partial charge in [0.25, 0.3) is 0 Å². The summed E-state index contributed by atoms with van der Waals surface area (Å²) in [6.07, 6.45) is 1.85. The Bertz CT molecular complexity index is 323. The quantitative estimate of drug-likeness (QED) is 0.826. The van der Waals surface area contributed by atoms with Crippen LogP contribution in [0.25, 0.3) is 0 Å². The zero-order valence-electron chi connectivity index (χ0n) is 8.38. The normalized spacial score (nSPS) is 10.5. The first kappa shape index (κ1) is 10.9. The summed E-state index contributed by atoms with van der Waals surface area (Å²) in [5.41, 5.74) is 3.76. The minimum absolute atomic E-state index is 0.733. The summed E-state index contributed by atoms with van der Waals surface area (Å²) in [6.45, 7) is 2.77. The number of anilines is 1. The van der Waals surface area contributed by atoms with Gasteiger partial charge in [0, 0.05) is 17.8 Å². The molecule has 0 atom stereocenters. The lowest BCUT2D eigenvalue weighted by Gasteiger charge is -2.08. The highest BCUT2D eigenvalue weighted by Gasteiger charge is 1.97. The SMILES string of the molecule is COc1ccc(NC/C=C/Cl)c(C)c1. The van der Waals surface area contributed by atoms with Gasteiger partial charge in [0.05, 0.1) is 7.11 Å². The largest absolute Gasteiger partial charge is 0.497 e. The Balaban J connectivity index is 2.68. The number of aryl methyl sites for hydroxylation is 1. The Morgan fingerprint density at radius 1 is 1.50 bits per heavy atom. The van der Waals surface area contributed by atoms with E-state index >= 15 is 0 Å². The Morgan fingerprint density at radius 2 is 2.29 bits per heavy atom. The molecule has 0 aliphatic carbocycles. The molecule has 1 aromatic carbocycles. The van der Waals surface area contributed by atoms with E-state index in [1.807, 2.05) is 31.2 Å². The first-order valence-electron chi connectivity index (χ1n) is 4.41. The summed E-state index contributed by atoms with van der Waals surface area (Å²) >= 11 is 5.41. The molecule has 0 amide bonds. The van der Waals surface area contributed by atoms with Gasteiger partial charge in [-0.25, -0.2) is 0 Å². The third-order valence-electron chi connectivity index (χ3n) is 1.93. The van der Waals surface area contributed by atoms with Crippen LogP contribution < -0.4 is 10.1 Å². The maximum atomic E-state index is 5.41. The van der Waals surface area contributed by atoms with Crippen molar-refractivity contribution in [3.05, 3.63) is 35.4 Å². The van der Waals surface area contributed by atoms with Crippen LogP contribution >= 0.6 is 11.6 Å². The number of methoxy groups -OCH3 is 1. The third-order valence-corrected chi connectivity index (χ3v) is 2.11. The van der Waals surface area contributed by atoms with E-state index < -0.39 is 0 Å². The fourth-order valence-corrected chi connectivity index (χ4v) is 1.26. The summed E-state index contributed by atoms with van der Waals surface area (Å²) in [4.78, 5) is 0. The van der Waals surface area contributed by atoms with Crippen molar-refractivity contribution in [1.29, 1.82) is 0 Å². The molecule has 0 saturated carbocycles. The smallest absolute Gasteiger partial charge is 0.119 e. The van der Waals surface area contributed by atoms with Crippen LogP contribution in [0.2, 0.25) is 0 Å². The molecule has 0 saturated heterocycles. The second-order valence-electron chi connectivity index (χ2n) is 2.92. The van der Waals surface area contributed by atoms with Crippen LogP contribution in [0.15, 0.2) is 29.8 Å². The van der Waals surface area contributed by atoms with Gasteiger partial charge in [-0.2, -0.15) is 0 Å². The molecule has 14 heavy (non-hydrogen) atoms. The molecule has 0 unspecified atom stereocenters. The maximum absolute atomic E-state index is 5.41. The lowest BCUT2D eigenvalue weighted by atomic mass is 10.2. The predicted molar refractivity (Wildman–Crippen MR) is 61.2 cm³/mol. The molecule has 1 N–H and O–H groups in total. The second kappa shape index (κ2) is 5.55. The molecular weight excluding hydrogens is 198 g/mol. The molecule has 0 bridgehead atoms.